The van der Waals surface area contributed by atoms with Crippen LogP contribution < -0.4 is 4.90 Å². The minimum atomic E-state index is -0.723. The van der Waals surface area contributed by atoms with E-state index in [4.69, 9.17) is 0 Å². The molecule has 156 valence electrons. The number of benzene rings is 2. The second-order valence-corrected chi connectivity index (χ2v) is 8.80. The quantitative estimate of drug-likeness (QED) is 0.450. The standard InChI is InChI=1S/C20H21F2N3OS2.ClH/c1-4-27-15-7-5-6-13(10-15)19(26)25(9-8-24(2)3)20-23-18-16(22)11-14(21)12-17(18)28-20;/h5-7,10-12H,4,8-9H2,1-3H3;1H. The molecule has 0 aliphatic heterocycles. The monoisotopic (exact) mass is 457 g/mol. The predicted molar refractivity (Wildman–Crippen MR) is 120 cm³/mol. The minimum absolute atomic E-state index is 0. The first kappa shape index (κ1) is 23.5. The van der Waals surface area contributed by atoms with Crippen LogP contribution in [0, 0.1) is 11.6 Å². The lowest BCUT2D eigenvalue weighted by molar-refractivity contribution is 0.0985. The molecule has 0 bridgehead atoms. The number of aromatic nitrogens is 1. The predicted octanol–water partition coefficient (Wildman–Crippen LogP) is 5.32. The van der Waals surface area contributed by atoms with Crippen LogP contribution in [0.15, 0.2) is 41.3 Å². The van der Waals surface area contributed by atoms with Crippen molar-refractivity contribution >= 4 is 56.8 Å². The third kappa shape index (κ3) is 5.66. The number of hydrogen-bond acceptors (Lipinski definition) is 5. The molecule has 0 atom stereocenters. The van der Waals surface area contributed by atoms with Gasteiger partial charge in [-0.2, -0.15) is 0 Å². The molecular formula is C20H22ClF2N3OS2. The fourth-order valence-electron chi connectivity index (χ4n) is 2.69. The van der Waals surface area contributed by atoms with E-state index in [2.05, 4.69) is 11.9 Å². The average Bonchev–Trinajstić information content (AvgIpc) is 3.06. The van der Waals surface area contributed by atoms with E-state index in [1.165, 1.54) is 11.0 Å². The highest BCUT2D eigenvalue weighted by Gasteiger charge is 2.23. The Hall–Kier alpha value is -1.74. The second-order valence-electron chi connectivity index (χ2n) is 6.45. The van der Waals surface area contributed by atoms with Crippen molar-refractivity contribution in [1.82, 2.24) is 9.88 Å². The molecule has 2 aromatic carbocycles. The second kappa shape index (κ2) is 10.3. The van der Waals surface area contributed by atoms with Gasteiger partial charge in [0.2, 0.25) is 0 Å². The van der Waals surface area contributed by atoms with E-state index >= 15 is 0 Å². The summed E-state index contributed by atoms with van der Waals surface area (Å²) >= 11 is 2.77. The maximum absolute atomic E-state index is 14.1. The summed E-state index contributed by atoms with van der Waals surface area (Å²) < 4.78 is 28.0. The molecular weight excluding hydrogens is 436 g/mol. The minimum Gasteiger partial charge on any atom is -0.308 e. The summed E-state index contributed by atoms with van der Waals surface area (Å²) in [7, 11) is 3.82. The van der Waals surface area contributed by atoms with Crippen LogP contribution in [0.1, 0.15) is 17.3 Å². The van der Waals surface area contributed by atoms with Gasteiger partial charge in [0.1, 0.15) is 11.3 Å². The van der Waals surface area contributed by atoms with E-state index in [1.807, 2.05) is 37.2 Å². The van der Waals surface area contributed by atoms with Crippen LogP contribution in [0.3, 0.4) is 0 Å². The zero-order valence-electron chi connectivity index (χ0n) is 16.3. The maximum Gasteiger partial charge on any atom is 0.260 e. The highest BCUT2D eigenvalue weighted by molar-refractivity contribution is 7.99. The van der Waals surface area contributed by atoms with Crippen LogP contribution in [0.4, 0.5) is 13.9 Å². The van der Waals surface area contributed by atoms with Crippen LogP contribution >= 0.6 is 35.5 Å². The van der Waals surface area contributed by atoms with Crippen LogP contribution in [0.25, 0.3) is 10.2 Å². The Balaban J connectivity index is 0.00000300. The molecule has 3 aromatic rings. The molecule has 0 spiro atoms. The molecule has 0 saturated heterocycles. The summed E-state index contributed by atoms with van der Waals surface area (Å²) in [6.45, 7) is 3.06. The van der Waals surface area contributed by atoms with Crippen molar-refractivity contribution in [2.45, 2.75) is 11.8 Å². The average molecular weight is 458 g/mol. The summed E-state index contributed by atoms with van der Waals surface area (Å²) in [5.74, 6) is -0.681. The number of thioether (sulfide) groups is 1. The normalized spacial score (nSPS) is 11.0. The van der Waals surface area contributed by atoms with E-state index in [1.54, 1.807) is 17.8 Å². The van der Waals surface area contributed by atoms with E-state index in [0.717, 1.165) is 28.1 Å². The smallest absolute Gasteiger partial charge is 0.260 e. The number of thiazole rings is 1. The number of hydrogen-bond donors (Lipinski definition) is 0. The highest BCUT2D eigenvalue weighted by atomic mass is 35.5. The molecule has 0 aliphatic carbocycles. The van der Waals surface area contributed by atoms with Crippen molar-refractivity contribution in [3.63, 3.8) is 0 Å². The fourth-order valence-corrected chi connectivity index (χ4v) is 4.43. The molecule has 0 fully saturated rings. The Morgan fingerprint density at radius 3 is 2.62 bits per heavy atom. The Kier molecular flexibility index (Phi) is 8.39. The lowest BCUT2D eigenvalue weighted by atomic mass is 10.2. The van der Waals surface area contributed by atoms with E-state index in [9.17, 15) is 13.6 Å². The topological polar surface area (TPSA) is 36.4 Å². The van der Waals surface area contributed by atoms with E-state index < -0.39 is 11.6 Å². The van der Waals surface area contributed by atoms with Crippen LogP contribution in [0.2, 0.25) is 0 Å². The van der Waals surface area contributed by atoms with Crippen molar-refractivity contribution in [3.05, 3.63) is 53.6 Å². The molecule has 4 nitrogen and oxygen atoms in total. The lowest BCUT2D eigenvalue weighted by Gasteiger charge is -2.22. The van der Waals surface area contributed by atoms with Gasteiger partial charge in [-0.05, 0) is 44.1 Å². The Morgan fingerprint density at radius 1 is 1.17 bits per heavy atom. The molecule has 29 heavy (non-hydrogen) atoms. The molecule has 0 N–H and O–H groups in total. The molecule has 9 heteroatoms. The van der Waals surface area contributed by atoms with Crippen molar-refractivity contribution in [3.8, 4) is 0 Å². The largest absolute Gasteiger partial charge is 0.308 e. The molecule has 1 aromatic heterocycles. The van der Waals surface area contributed by atoms with Crippen LogP contribution in [0.5, 0.6) is 0 Å². The van der Waals surface area contributed by atoms with E-state index in [-0.39, 0.29) is 23.8 Å². The Labute approximate surface area is 183 Å². The van der Waals surface area contributed by atoms with Gasteiger partial charge < -0.3 is 4.90 Å². The van der Waals surface area contributed by atoms with Crippen molar-refractivity contribution < 1.29 is 13.6 Å². The summed E-state index contributed by atoms with van der Waals surface area (Å²) in [5.41, 5.74) is 0.627. The van der Waals surface area contributed by atoms with Gasteiger partial charge >= 0.3 is 0 Å². The number of anilines is 1. The SMILES string of the molecule is CCSc1cccc(C(=O)N(CCN(C)C)c2nc3c(F)cc(F)cc3s2)c1.Cl. The number of fused-ring (bicyclic) bond motifs is 1. The first-order valence-corrected chi connectivity index (χ1v) is 10.6. The molecule has 0 aliphatic rings. The van der Waals surface area contributed by atoms with Crippen LogP contribution in [-0.4, -0.2) is 48.7 Å². The lowest BCUT2D eigenvalue weighted by Crippen LogP contribution is -2.36. The molecule has 0 unspecified atom stereocenters. The zero-order chi connectivity index (χ0) is 20.3. The Morgan fingerprint density at radius 2 is 1.93 bits per heavy atom. The summed E-state index contributed by atoms with van der Waals surface area (Å²) in [4.78, 5) is 22.0. The third-order valence-electron chi connectivity index (χ3n) is 4.04. The number of halogens is 3. The number of likely N-dealkylation sites (N-methyl/N-ethyl adjacent to an activating group) is 1. The number of nitrogens with zero attached hydrogens (tertiary/aromatic N) is 3. The first-order chi connectivity index (χ1) is 13.4. The van der Waals surface area contributed by atoms with Crippen LogP contribution in [-0.2, 0) is 0 Å². The van der Waals surface area contributed by atoms with Crippen molar-refractivity contribution in [2.24, 2.45) is 0 Å². The van der Waals surface area contributed by atoms with Gasteiger partial charge in [0.25, 0.3) is 5.91 Å². The first-order valence-electron chi connectivity index (χ1n) is 8.84. The van der Waals surface area contributed by atoms with Gasteiger partial charge in [-0.3, -0.25) is 9.69 Å². The fraction of sp³-hybridized carbons (Fsp3) is 0.300. The van der Waals surface area contributed by atoms with E-state index in [0.29, 0.717) is 28.5 Å². The van der Waals surface area contributed by atoms with Crippen molar-refractivity contribution in [2.75, 3.05) is 37.8 Å². The highest BCUT2D eigenvalue weighted by Crippen LogP contribution is 2.32. The van der Waals surface area contributed by atoms with Gasteiger partial charge in [-0.1, -0.05) is 24.3 Å². The van der Waals surface area contributed by atoms with Gasteiger partial charge in [-0.15, -0.1) is 24.2 Å². The zero-order valence-corrected chi connectivity index (χ0v) is 18.8. The third-order valence-corrected chi connectivity index (χ3v) is 5.94. The van der Waals surface area contributed by atoms with Gasteiger partial charge in [0.05, 0.1) is 4.70 Å². The number of rotatable bonds is 7. The molecule has 0 radical (unpaired) electrons. The maximum atomic E-state index is 14.1. The van der Waals surface area contributed by atoms with Gasteiger partial charge in [-0.25, -0.2) is 13.8 Å². The number of carbonyl (C=O) groups excluding carboxylic acids is 1. The number of carbonyl (C=O) groups is 1. The summed E-state index contributed by atoms with van der Waals surface area (Å²) in [6.07, 6.45) is 0. The molecule has 1 heterocycles. The van der Waals surface area contributed by atoms with Gasteiger partial charge in [0, 0.05) is 29.6 Å². The summed E-state index contributed by atoms with van der Waals surface area (Å²) in [6, 6.07) is 9.48. The summed E-state index contributed by atoms with van der Waals surface area (Å²) in [5, 5.41) is 0.361. The molecule has 0 saturated carbocycles. The Bertz CT molecular complexity index is 997. The number of amides is 1. The van der Waals surface area contributed by atoms with Gasteiger partial charge in [0.15, 0.2) is 10.9 Å². The van der Waals surface area contributed by atoms with Crippen molar-refractivity contribution in [1.29, 1.82) is 0 Å². The molecule has 3 rings (SSSR count). The molecule has 1 amide bonds.